The normalized spacial score (nSPS) is 11.5. The summed E-state index contributed by atoms with van der Waals surface area (Å²) in [6, 6.07) is 62.5. The van der Waals surface area contributed by atoms with Crippen molar-refractivity contribution in [3.8, 4) is 50.4 Å². The third-order valence-electron chi connectivity index (χ3n) is 10.8. The molecule has 0 saturated heterocycles. The minimum absolute atomic E-state index is 0.858. The lowest BCUT2D eigenvalue weighted by molar-refractivity contribution is 0.632. The molecule has 0 aliphatic rings. The molecule has 0 radical (unpaired) electrons. The number of para-hydroxylation sites is 3. The van der Waals surface area contributed by atoms with Crippen LogP contribution in [0, 0.1) is 0 Å². The number of hydrogen-bond donors (Lipinski definition) is 0. The molecule has 54 heavy (non-hydrogen) atoms. The van der Waals surface area contributed by atoms with E-state index in [4.69, 9.17) is 4.42 Å². The van der Waals surface area contributed by atoms with E-state index in [2.05, 4.69) is 188 Å². The molecule has 0 fully saturated rings. The van der Waals surface area contributed by atoms with E-state index in [1.807, 2.05) is 18.2 Å². The molecule has 0 atom stereocenters. The molecule has 2 aromatic heterocycles. The molecule has 0 saturated carbocycles. The Morgan fingerprint density at radius 1 is 0.370 bits per heavy atom. The third-order valence-corrected chi connectivity index (χ3v) is 10.8. The van der Waals surface area contributed by atoms with Crippen molar-refractivity contribution in [2.45, 2.75) is 0 Å². The van der Waals surface area contributed by atoms with Gasteiger partial charge in [0, 0.05) is 33.0 Å². The highest BCUT2D eigenvalue weighted by atomic mass is 16.3. The van der Waals surface area contributed by atoms with E-state index in [1.165, 1.54) is 38.1 Å². The van der Waals surface area contributed by atoms with Gasteiger partial charge >= 0.3 is 0 Å². The Labute approximate surface area is 314 Å². The van der Waals surface area contributed by atoms with Gasteiger partial charge in [0.15, 0.2) is 0 Å². The van der Waals surface area contributed by atoms with Gasteiger partial charge in [0.1, 0.15) is 11.3 Å². The fourth-order valence-electron chi connectivity index (χ4n) is 8.43. The topological polar surface area (TPSA) is 18.1 Å². The van der Waals surface area contributed by atoms with Crippen LogP contribution in [-0.2, 0) is 0 Å². The zero-order valence-corrected chi connectivity index (χ0v) is 29.7. The highest BCUT2D eigenvalue weighted by Gasteiger charge is 2.21. The van der Waals surface area contributed by atoms with Crippen LogP contribution in [0.4, 0.5) is 0 Å². The van der Waals surface area contributed by atoms with E-state index in [0.717, 1.165) is 66.9 Å². The van der Waals surface area contributed by atoms with Crippen molar-refractivity contribution in [3.63, 3.8) is 0 Å². The number of rotatable bonds is 7. The molecule has 0 aliphatic heterocycles. The molecule has 0 aliphatic carbocycles. The Morgan fingerprint density at radius 2 is 0.796 bits per heavy atom. The lowest BCUT2D eigenvalue weighted by Crippen LogP contribution is -1.96. The number of nitrogens with zero attached hydrogens (tertiary/aromatic N) is 1. The predicted molar refractivity (Wildman–Crippen MR) is 230 cm³/mol. The van der Waals surface area contributed by atoms with Gasteiger partial charge in [-0.2, -0.15) is 0 Å². The molecular weight excluding hydrogens is 655 g/mol. The molecule has 0 N–H and O–H groups in total. The van der Waals surface area contributed by atoms with Crippen LogP contribution in [0.3, 0.4) is 0 Å². The summed E-state index contributed by atoms with van der Waals surface area (Å²) in [6.07, 6.45) is 3.95. The van der Waals surface area contributed by atoms with Crippen LogP contribution in [0.15, 0.2) is 193 Å². The molecule has 2 nitrogen and oxygen atoms in total. The van der Waals surface area contributed by atoms with Gasteiger partial charge in [-0.1, -0.05) is 159 Å². The van der Waals surface area contributed by atoms with Gasteiger partial charge in [-0.05, 0) is 92.2 Å². The average molecular weight is 690 g/mol. The molecule has 0 bridgehead atoms. The van der Waals surface area contributed by atoms with E-state index in [0.29, 0.717) is 0 Å². The molecule has 2 heterocycles. The number of fused-ring (bicyclic) bond motifs is 5. The van der Waals surface area contributed by atoms with E-state index >= 15 is 0 Å². The maximum Gasteiger partial charge on any atom is 0.143 e. The van der Waals surface area contributed by atoms with Crippen molar-refractivity contribution in [2.75, 3.05) is 0 Å². The summed E-state index contributed by atoms with van der Waals surface area (Å²) in [4.78, 5) is 0. The van der Waals surface area contributed by atoms with Crippen LogP contribution in [0.2, 0.25) is 0 Å². The van der Waals surface area contributed by atoms with Gasteiger partial charge < -0.3 is 8.98 Å². The Balaban J connectivity index is 1.10. The summed E-state index contributed by atoms with van der Waals surface area (Å²) < 4.78 is 9.02. The quantitative estimate of drug-likeness (QED) is 0.163. The molecule has 0 amide bonds. The van der Waals surface area contributed by atoms with Gasteiger partial charge in [-0.3, -0.25) is 0 Å². The third kappa shape index (κ3) is 4.88. The maximum atomic E-state index is 6.67. The van der Waals surface area contributed by atoms with E-state index < -0.39 is 0 Å². The smallest absolute Gasteiger partial charge is 0.143 e. The Hall–Kier alpha value is -7.16. The minimum atomic E-state index is 0.858. The van der Waals surface area contributed by atoms with Gasteiger partial charge in [-0.15, -0.1) is 0 Å². The van der Waals surface area contributed by atoms with Crippen LogP contribution >= 0.6 is 0 Å². The van der Waals surface area contributed by atoms with Crippen molar-refractivity contribution in [3.05, 3.63) is 200 Å². The number of hydrogen-bond acceptors (Lipinski definition) is 1. The highest BCUT2D eigenvalue weighted by molar-refractivity contribution is 6.12. The molecule has 0 spiro atoms. The van der Waals surface area contributed by atoms with Crippen LogP contribution in [0.5, 0.6) is 0 Å². The monoisotopic (exact) mass is 689 g/mol. The highest BCUT2D eigenvalue weighted by Crippen LogP contribution is 2.45. The second kappa shape index (κ2) is 12.8. The molecule has 2 heteroatoms. The first-order valence-corrected chi connectivity index (χ1v) is 18.3. The average Bonchev–Trinajstić information content (AvgIpc) is 3.80. The second-order valence-electron chi connectivity index (χ2n) is 13.7. The first kappa shape index (κ1) is 31.6. The standard InChI is InChI=1S/C52H35NO/c1-3-39-40(4-2)50(44-21-9-8-20-43(44)49(39)34-16-6-5-7-17-34)35-26-28-36(29-27-35)51-45-22-12-15-25-48(45)54-52(51)37-30-32-38(33-31-37)53-46-23-13-10-18-41(46)42-19-11-14-24-47(42)53/h3-33H,1-2H2. The zero-order valence-electron chi connectivity index (χ0n) is 29.7. The Morgan fingerprint density at radius 3 is 1.35 bits per heavy atom. The van der Waals surface area contributed by atoms with Crippen molar-refractivity contribution in [2.24, 2.45) is 0 Å². The number of aromatic nitrogens is 1. The SMILES string of the molecule is C=Cc1c(C=C)c(-c2ccc(-c3c(-c4ccc(-n5c6ccccc6c6ccccc65)cc4)oc4ccccc34)cc2)c2ccccc2c1-c1ccccc1. The summed E-state index contributed by atoms with van der Waals surface area (Å²) in [5.74, 6) is 0.858. The van der Waals surface area contributed by atoms with Gasteiger partial charge in [0.2, 0.25) is 0 Å². The summed E-state index contributed by atoms with van der Waals surface area (Å²) in [7, 11) is 0. The fourth-order valence-corrected chi connectivity index (χ4v) is 8.43. The predicted octanol–water partition coefficient (Wildman–Crippen LogP) is 14.6. The lowest BCUT2D eigenvalue weighted by atomic mass is 9.83. The molecule has 10 aromatic rings. The molecule has 254 valence electrons. The first-order valence-electron chi connectivity index (χ1n) is 18.3. The van der Waals surface area contributed by atoms with Crippen LogP contribution in [0.1, 0.15) is 11.1 Å². The Kier molecular flexibility index (Phi) is 7.49. The lowest BCUT2D eigenvalue weighted by Gasteiger charge is -2.20. The largest absolute Gasteiger partial charge is 0.455 e. The van der Waals surface area contributed by atoms with Crippen molar-refractivity contribution in [1.82, 2.24) is 4.57 Å². The van der Waals surface area contributed by atoms with Gasteiger partial charge in [0.25, 0.3) is 0 Å². The van der Waals surface area contributed by atoms with Crippen molar-refractivity contribution < 1.29 is 4.42 Å². The number of benzene rings is 8. The van der Waals surface area contributed by atoms with Crippen molar-refractivity contribution >= 4 is 55.7 Å². The van der Waals surface area contributed by atoms with E-state index in [-0.39, 0.29) is 0 Å². The zero-order chi connectivity index (χ0) is 36.2. The first-order chi connectivity index (χ1) is 26.7. The Bertz CT molecular complexity index is 3000. The van der Waals surface area contributed by atoms with E-state index in [9.17, 15) is 0 Å². The van der Waals surface area contributed by atoms with Crippen LogP contribution in [0.25, 0.3) is 106 Å². The van der Waals surface area contributed by atoms with Gasteiger partial charge in [-0.25, -0.2) is 0 Å². The number of furan rings is 1. The van der Waals surface area contributed by atoms with E-state index in [1.54, 1.807) is 0 Å². The van der Waals surface area contributed by atoms with Crippen LogP contribution < -0.4 is 0 Å². The molecular formula is C52H35NO. The minimum Gasteiger partial charge on any atom is -0.455 e. The van der Waals surface area contributed by atoms with Crippen molar-refractivity contribution in [1.29, 1.82) is 0 Å². The van der Waals surface area contributed by atoms with Gasteiger partial charge in [0.05, 0.1) is 11.0 Å². The summed E-state index contributed by atoms with van der Waals surface area (Å²) in [5, 5.41) is 5.96. The fraction of sp³-hybridized carbons (Fsp3) is 0. The summed E-state index contributed by atoms with van der Waals surface area (Å²) in [5.41, 5.74) is 14.4. The molecule has 0 unspecified atom stereocenters. The summed E-state index contributed by atoms with van der Waals surface area (Å²) >= 11 is 0. The second-order valence-corrected chi connectivity index (χ2v) is 13.7. The van der Waals surface area contributed by atoms with Crippen LogP contribution in [-0.4, -0.2) is 4.57 Å². The summed E-state index contributed by atoms with van der Waals surface area (Å²) in [6.45, 7) is 8.56. The molecule has 8 aromatic carbocycles. The molecule has 10 rings (SSSR count). The maximum absolute atomic E-state index is 6.67.